The van der Waals surface area contributed by atoms with E-state index >= 15 is 0 Å². The first kappa shape index (κ1) is 15.9. The Kier molecular flexibility index (Phi) is 5.70. The molecule has 3 N–H and O–H groups in total. The van der Waals surface area contributed by atoms with Crippen molar-refractivity contribution < 1.29 is 14.6 Å². The molecule has 0 heterocycles. The number of urea groups is 1. The molecule has 0 saturated heterocycles. The van der Waals surface area contributed by atoms with Gasteiger partial charge in [-0.15, -0.1) is 0 Å². The zero-order valence-corrected chi connectivity index (χ0v) is 12.8. The number of carbonyl (C=O) groups is 1. The topological polar surface area (TPSA) is 70.6 Å². The normalized spacial score (nSPS) is 16.5. The van der Waals surface area contributed by atoms with E-state index in [9.17, 15) is 4.79 Å². The van der Waals surface area contributed by atoms with Crippen molar-refractivity contribution in [2.75, 3.05) is 11.9 Å². The third-order valence-corrected chi connectivity index (χ3v) is 3.64. The molecule has 6 heteroatoms. The highest BCUT2D eigenvalue weighted by molar-refractivity contribution is 6.32. The maximum absolute atomic E-state index is 11.6. The summed E-state index contributed by atoms with van der Waals surface area (Å²) in [6.07, 6.45) is 4.20. The third kappa shape index (κ3) is 5.10. The molecule has 1 atom stereocenters. The van der Waals surface area contributed by atoms with Crippen LogP contribution in [0.2, 0.25) is 5.02 Å². The monoisotopic (exact) mass is 312 g/mol. The van der Waals surface area contributed by atoms with E-state index in [1.807, 2.05) is 0 Å². The Labute approximate surface area is 129 Å². The number of anilines is 1. The van der Waals surface area contributed by atoms with Gasteiger partial charge in [-0.1, -0.05) is 11.6 Å². The molecule has 2 rings (SSSR count). The molecule has 1 aliphatic carbocycles. The number of hydrogen-bond acceptors (Lipinski definition) is 3. The summed E-state index contributed by atoms with van der Waals surface area (Å²) >= 11 is 6.18. The molecule has 1 aliphatic rings. The van der Waals surface area contributed by atoms with Crippen LogP contribution in [0.1, 0.15) is 32.6 Å². The summed E-state index contributed by atoms with van der Waals surface area (Å²) in [6.45, 7) is 1.80. The van der Waals surface area contributed by atoms with Crippen LogP contribution in [-0.2, 0) is 0 Å². The summed E-state index contributed by atoms with van der Waals surface area (Å²) < 4.78 is 5.85. The number of benzene rings is 1. The van der Waals surface area contributed by atoms with Gasteiger partial charge in [0.25, 0.3) is 0 Å². The fourth-order valence-electron chi connectivity index (χ4n) is 2.28. The number of nitrogens with one attached hydrogen (secondary N) is 2. The summed E-state index contributed by atoms with van der Waals surface area (Å²) in [5.74, 6) is 0.651. The van der Waals surface area contributed by atoms with Gasteiger partial charge in [-0.2, -0.15) is 0 Å². The van der Waals surface area contributed by atoms with Crippen molar-refractivity contribution in [2.24, 2.45) is 0 Å². The van der Waals surface area contributed by atoms with Gasteiger partial charge in [0.15, 0.2) is 0 Å². The van der Waals surface area contributed by atoms with Crippen molar-refractivity contribution in [3.8, 4) is 5.75 Å². The molecule has 2 amide bonds. The Hall–Kier alpha value is -1.46. The first-order chi connectivity index (χ1) is 10.0. The lowest BCUT2D eigenvalue weighted by Gasteiger charge is -2.15. The molecule has 1 aromatic rings. The van der Waals surface area contributed by atoms with E-state index in [0.717, 1.165) is 12.8 Å². The van der Waals surface area contributed by atoms with E-state index in [4.69, 9.17) is 21.4 Å². The number of rotatable bonds is 5. The van der Waals surface area contributed by atoms with E-state index in [1.165, 1.54) is 12.8 Å². The second kappa shape index (κ2) is 7.52. The standard InChI is InChI=1S/C15H21ClN2O3/c1-10(19)9-17-15(20)18-11-6-7-14(13(16)8-11)21-12-4-2-3-5-12/h6-8,10,12,19H,2-5,9H2,1H3,(H2,17,18,20)/t10-/m0/s1. The minimum absolute atomic E-state index is 0.197. The van der Waals surface area contributed by atoms with Crippen molar-refractivity contribution in [3.05, 3.63) is 23.2 Å². The lowest BCUT2D eigenvalue weighted by molar-refractivity contribution is 0.190. The van der Waals surface area contributed by atoms with Crippen molar-refractivity contribution in [1.29, 1.82) is 0 Å². The molecule has 5 nitrogen and oxygen atoms in total. The van der Waals surface area contributed by atoms with Gasteiger partial charge < -0.3 is 20.5 Å². The molecule has 0 bridgehead atoms. The van der Waals surface area contributed by atoms with Gasteiger partial charge in [0.05, 0.1) is 17.2 Å². The lowest BCUT2D eigenvalue weighted by atomic mass is 10.2. The fourth-order valence-corrected chi connectivity index (χ4v) is 2.50. The highest BCUT2D eigenvalue weighted by atomic mass is 35.5. The molecule has 1 aromatic carbocycles. The molecule has 0 spiro atoms. The maximum Gasteiger partial charge on any atom is 0.319 e. The van der Waals surface area contributed by atoms with Gasteiger partial charge in [-0.25, -0.2) is 4.79 Å². The predicted molar refractivity (Wildman–Crippen MR) is 83.0 cm³/mol. The van der Waals surface area contributed by atoms with Crippen molar-refractivity contribution in [2.45, 2.75) is 44.8 Å². The Balaban J connectivity index is 1.90. The number of halogens is 1. The average molecular weight is 313 g/mol. The van der Waals surface area contributed by atoms with E-state index < -0.39 is 6.10 Å². The van der Waals surface area contributed by atoms with E-state index in [-0.39, 0.29) is 18.7 Å². The Morgan fingerprint density at radius 2 is 2.19 bits per heavy atom. The van der Waals surface area contributed by atoms with Gasteiger partial charge in [0, 0.05) is 12.2 Å². The molecule has 0 aliphatic heterocycles. The van der Waals surface area contributed by atoms with Crippen LogP contribution < -0.4 is 15.4 Å². The summed E-state index contributed by atoms with van der Waals surface area (Å²) in [7, 11) is 0. The van der Waals surface area contributed by atoms with Crippen LogP contribution in [0.25, 0.3) is 0 Å². The SMILES string of the molecule is C[C@H](O)CNC(=O)Nc1ccc(OC2CCCC2)c(Cl)c1. The van der Waals surface area contributed by atoms with Gasteiger partial charge in [0.1, 0.15) is 5.75 Å². The number of amides is 2. The molecule has 1 saturated carbocycles. The minimum Gasteiger partial charge on any atom is -0.489 e. The molecule has 0 radical (unpaired) electrons. The number of carbonyl (C=O) groups excluding carboxylic acids is 1. The fraction of sp³-hybridized carbons (Fsp3) is 0.533. The van der Waals surface area contributed by atoms with Crippen LogP contribution in [-0.4, -0.2) is 29.9 Å². The van der Waals surface area contributed by atoms with Crippen LogP contribution in [0, 0.1) is 0 Å². The smallest absolute Gasteiger partial charge is 0.319 e. The average Bonchev–Trinajstić information content (AvgIpc) is 2.92. The van der Waals surface area contributed by atoms with Gasteiger partial charge in [-0.3, -0.25) is 0 Å². The minimum atomic E-state index is -0.582. The number of aliphatic hydroxyl groups excluding tert-OH is 1. The van der Waals surface area contributed by atoms with Crippen molar-refractivity contribution in [3.63, 3.8) is 0 Å². The molecule has 116 valence electrons. The lowest BCUT2D eigenvalue weighted by Crippen LogP contribution is -2.34. The number of aliphatic hydroxyl groups is 1. The predicted octanol–water partition coefficient (Wildman–Crippen LogP) is 3.16. The number of ether oxygens (including phenoxy) is 1. The molecular weight excluding hydrogens is 292 g/mol. The Morgan fingerprint density at radius 1 is 1.48 bits per heavy atom. The van der Waals surface area contributed by atoms with Crippen molar-refractivity contribution in [1.82, 2.24) is 5.32 Å². The zero-order chi connectivity index (χ0) is 15.2. The summed E-state index contributed by atoms with van der Waals surface area (Å²) in [5.41, 5.74) is 0.585. The first-order valence-electron chi connectivity index (χ1n) is 7.23. The van der Waals surface area contributed by atoms with E-state index in [1.54, 1.807) is 25.1 Å². The van der Waals surface area contributed by atoms with Crippen molar-refractivity contribution >= 4 is 23.3 Å². The largest absolute Gasteiger partial charge is 0.489 e. The van der Waals surface area contributed by atoms with Gasteiger partial charge in [0.2, 0.25) is 0 Å². The molecule has 0 unspecified atom stereocenters. The highest BCUT2D eigenvalue weighted by Crippen LogP contribution is 2.31. The second-order valence-corrected chi connectivity index (χ2v) is 5.76. The zero-order valence-electron chi connectivity index (χ0n) is 12.1. The third-order valence-electron chi connectivity index (χ3n) is 3.34. The highest BCUT2D eigenvalue weighted by Gasteiger charge is 2.17. The van der Waals surface area contributed by atoms with Crippen LogP contribution in [0.4, 0.5) is 10.5 Å². The van der Waals surface area contributed by atoms with Crippen LogP contribution in [0.5, 0.6) is 5.75 Å². The quantitative estimate of drug-likeness (QED) is 0.782. The summed E-state index contributed by atoms with van der Waals surface area (Å²) in [5, 5.41) is 14.8. The van der Waals surface area contributed by atoms with Crippen LogP contribution in [0.15, 0.2) is 18.2 Å². The molecule has 21 heavy (non-hydrogen) atoms. The molecular formula is C15H21ClN2O3. The van der Waals surface area contributed by atoms with E-state index in [0.29, 0.717) is 16.5 Å². The molecule has 0 aromatic heterocycles. The summed E-state index contributed by atoms with van der Waals surface area (Å²) in [4.78, 5) is 11.6. The van der Waals surface area contributed by atoms with Gasteiger partial charge >= 0.3 is 6.03 Å². The second-order valence-electron chi connectivity index (χ2n) is 5.35. The van der Waals surface area contributed by atoms with E-state index in [2.05, 4.69) is 10.6 Å². The van der Waals surface area contributed by atoms with Crippen LogP contribution in [0.3, 0.4) is 0 Å². The Morgan fingerprint density at radius 3 is 2.81 bits per heavy atom. The maximum atomic E-state index is 11.6. The Bertz CT molecular complexity index is 488. The number of hydrogen-bond donors (Lipinski definition) is 3. The van der Waals surface area contributed by atoms with Crippen LogP contribution >= 0.6 is 11.6 Å². The van der Waals surface area contributed by atoms with Gasteiger partial charge in [-0.05, 0) is 50.8 Å². The first-order valence-corrected chi connectivity index (χ1v) is 7.61. The summed E-state index contributed by atoms with van der Waals surface area (Å²) in [6, 6.07) is 4.80. The molecule has 1 fully saturated rings.